The first-order chi connectivity index (χ1) is 11.6. The summed E-state index contributed by atoms with van der Waals surface area (Å²) in [5.41, 5.74) is 2.00. The van der Waals surface area contributed by atoms with Crippen molar-refractivity contribution in [2.24, 2.45) is 0 Å². The van der Waals surface area contributed by atoms with E-state index in [9.17, 15) is 9.59 Å². The van der Waals surface area contributed by atoms with Gasteiger partial charge in [0.15, 0.2) is 0 Å². The molecule has 0 aliphatic rings. The largest absolute Gasteiger partial charge is 0.477 e. The van der Waals surface area contributed by atoms with Gasteiger partial charge in [0.25, 0.3) is 0 Å². The lowest BCUT2D eigenvalue weighted by Crippen LogP contribution is -2.04. The Morgan fingerprint density at radius 3 is 2.08 bits per heavy atom. The van der Waals surface area contributed by atoms with Gasteiger partial charge in [0.05, 0.1) is 19.0 Å². The van der Waals surface area contributed by atoms with Crippen LogP contribution in [0, 0.1) is 0 Å². The Labute approximate surface area is 134 Å². The maximum absolute atomic E-state index is 11.2. The van der Waals surface area contributed by atoms with E-state index in [1.165, 1.54) is 6.07 Å². The summed E-state index contributed by atoms with van der Waals surface area (Å²) < 4.78 is 4.82. The van der Waals surface area contributed by atoms with Crippen LogP contribution in [0.1, 0.15) is 27.9 Å². The minimum atomic E-state index is -0.963. The van der Waals surface area contributed by atoms with Crippen molar-refractivity contribution in [1.82, 2.24) is 30.4 Å². The molecule has 0 amide bonds. The molecule has 124 valence electrons. The average molecular weight is 330 g/mol. The van der Waals surface area contributed by atoms with Gasteiger partial charge in [-0.2, -0.15) is 10.2 Å². The van der Waals surface area contributed by atoms with Crippen LogP contribution in [0.25, 0.3) is 22.1 Å². The number of rotatable bonds is 3. The molecule has 4 aromatic rings. The molecule has 4 aromatic heterocycles. The molecule has 4 rings (SSSR count). The average Bonchev–Trinajstić information content (AvgIpc) is 3.27. The lowest BCUT2D eigenvalue weighted by atomic mass is 10.4. The van der Waals surface area contributed by atoms with Gasteiger partial charge >= 0.3 is 11.9 Å². The van der Waals surface area contributed by atoms with Crippen LogP contribution in [0.2, 0.25) is 0 Å². The fraction of sp³-hybridized carbons (Fsp3) is 0.143. The number of nitrogens with zero attached hydrogens (tertiary/aromatic N) is 2. The number of nitrogens with one attached hydrogen (secondary N) is 4. The van der Waals surface area contributed by atoms with E-state index in [0.717, 1.165) is 16.4 Å². The standard InChI is InChI=1S/C8H9N3O2.C6H5N3O2/c1-2-13-8(12)6-3-5-4-9-11-7(5)10-6;10-6(11)4-1-3-2-7-9-5(3)8-4/h3-4H,2H2,1H3,(H2,9,10,11);1-2H,(H,10,11)(H2,7,8,9). The van der Waals surface area contributed by atoms with Crippen molar-refractivity contribution in [3.05, 3.63) is 35.9 Å². The number of ether oxygens (including phenoxy) is 1. The highest BCUT2D eigenvalue weighted by Gasteiger charge is 2.10. The fourth-order valence-corrected chi connectivity index (χ4v) is 2.10. The molecule has 24 heavy (non-hydrogen) atoms. The van der Waals surface area contributed by atoms with Gasteiger partial charge in [-0.05, 0) is 19.1 Å². The molecule has 0 saturated heterocycles. The lowest BCUT2D eigenvalue weighted by Gasteiger charge is -1.96. The first-order valence-electron chi connectivity index (χ1n) is 7.03. The quantitative estimate of drug-likeness (QED) is 0.360. The SMILES string of the molecule is CCOC(=O)c1cc2cn[nH]c2[nH]1.O=C(O)c1cc2cn[nH]c2[nH]1. The Morgan fingerprint density at radius 1 is 1.04 bits per heavy atom. The van der Waals surface area contributed by atoms with E-state index < -0.39 is 5.97 Å². The molecule has 4 heterocycles. The van der Waals surface area contributed by atoms with E-state index in [2.05, 4.69) is 30.4 Å². The van der Waals surface area contributed by atoms with Gasteiger partial charge in [-0.1, -0.05) is 0 Å². The van der Waals surface area contributed by atoms with Crippen molar-refractivity contribution in [2.75, 3.05) is 6.61 Å². The smallest absolute Gasteiger partial charge is 0.354 e. The zero-order chi connectivity index (χ0) is 17.1. The van der Waals surface area contributed by atoms with Crippen LogP contribution < -0.4 is 0 Å². The summed E-state index contributed by atoms with van der Waals surface area (Å²) in [5.74, 6) is -1.30. The van der Waals surface area contributed by atoms with E-state index in [1.54, 1.807) is 25.4 Å². The number of aromatic nitrogens is 6. The number of carbonyl (C=O) groups excluding carboxylic acids is 1. The molecule has 0 aliphatic carbocycles. The number of hydrogen-bond acceptors (Lipinski definition) is 5. The Morgan fingerprint density at radius 2 is 1.58 bits per heavy atom. The van der Waals surface area contributed by atoms with E-state index in [4.69, 9.17) is 9.84 Å². The highest BCUT2D eigenvalue weighted by molar-refractivity contribution is 5.93. The molecule has 0 saturated carbocycles. The molecule has 10 heteroatoms. The minimum absolute atomic E-state index is 0.175. The van der Waals surface area contributed by atoms with Crippen LogP contribution in [0.15, 0.2) is 24.5 Å². The van der Waals surface area contributed by atoms with E-state index in [0.29, 0.717) is 17.9 Å². The third-order valence-electron chi connectivity index (χ3n) is 3.18. The van der Waals surface area contributed by atoms with E-state index >= 15 is 0 Å². The summed E-state index contributed by atoms with van der Waals surface area (Å²) in [5, 5.41) is 23.1. The number of carboxylic acids is 1. The topological polar surface area (TPSA) is 153 Å². The zero-order valence-corrected chi connectivity index (χ0v) is 12.6. The number of esters is 1. The van der Waals surface area contributed by atoms with Gasteiger partial charge in [0, 0.05) is 10.8 Å². The molecular weight excluding hydrogens is 316 g/mol. The Bertz CT molecular complexity index is 934. The summed E-state index contributed by atoms with van der Waals surface area (Å²) in [6.07, 6.45) is 3.22. The molecule has 0 radical (unpaired) electrons. The molecule has 0 unspecified atom stereocenters. The molecule has 0 aliphatic heterocycles. The summed E-state index contributed by atoms with van der Waals surface area (Å²) >= 11 is 0. The van der Waals surface area contributed by atoms with Gasteiger partial charge in [0.2, 0.25) is 0 Å². The van der Waals surface area contributed by atoms with Crippen molar-refractivity contribution in [2.45, 2.75) is 6.92 Å². The zero-order valence-electron chi connectivity index (χ0n) is 12.6. The highest BCUT2D eigenvalue weighted by atomic mass is 16.5. The van der Waals surface area contributed by atoms with Gasteiger partial charge < -0.3 is 19.8 Å². The monoisotopic (exact) mass is 330 g/mol. The lowest BCUT2D eigenvalue weighted by molar-refractivity contribution is 0.0520. The number of carbonyl (C=O) groups is 2. The Hall–Kier alpha value is -3.56. The minimum Gasteiger partial charge on any atom is -0.477 e. The molecule has 0 aromatic carbocycles. The first-order valence-corrected chi connectivity index (χ1v) is 7.03. The van der Waals surface area contributed by atoms with Gasteiger partial charge in [-0.15, -0.1) is 0 Å². The molecular formula is C14H14N6O4. The second-order valence-corrected chi connectivity index (χ2v) is 4.79. The summed E-state index contributed by atoms with van der Waals surface area (Å²) in [6.45, 7) is 2.15. The molecule has 0 bridgehead atoms. The summed E-state index contributed by atoms with van der Waals surface area (Å²) in [7, 11) is 0. The maximum atomic E-state index is 11.2. The highest BCUT2D eigenvalue weighted by Crippen LogP contribution is 2.12. The number of hydrogen-bond donors (Lipinski definition) is 5. The number of aromatic amines is 4. The molecule has 10 nitrogen and oxygen atoms in total. The predicted octanol–water partition coefficient (Wildman–Crippen LogP) is 1.66. The third-order valence-corrected chi connectivity index (χ3v) is 3.18. The van der Waals surface area contributed by atoms with Crippen LogP contribution >= 0.6 is 0 Å². The van der Waals surface area contributed by atoms with Crippen LogP contribution in [0.5, 0.6) is 0 Å². The van der Waals surface area contributed by atoms with Crippen LogP contribution in [-0.2, 0) is 4.74 Å². The van der Waals surface area contributed by atoms with Crippen molar-refractivity contribution in [3.63, 3.8) is 0 Å². The molecule has 0 spiro atoms. The molecule has 0 fully saturated rings. The Balaban J connectivity index is 0.000000143. The van der Waals surface area contributed by atoms with Crippen molar-refractivity contribution >= 4 is 34.0 Å². The van der Waals surface area contributed by atoms with Crippen LogP contribution in [0.4, 0.5) is 0 Å². The predicted molar refractivity (Wildman–Crippen MR) is 83.8 cm³/mol. The number of fused-ring (bicyclic) bond motifs is 2. The Kier molecular flexibility index (Phi) is 4.01. The normalized spacial score (nSPS) is 10.5. The van der Waals surface area contributed by atoms with Crippen molar-refractivity contribution in [3.8, 4) is 0 Å². The van der Waals surface area contributed by atoms with Gasteiger partial charge in [0.1, 0.15) is 22.7 Å². The number of H-pyrrole nitrogens is 4. The number of aromatic carboxylic acids is 1. The van der Waals surface area contributed by atoms with Crippen molar-refractivity contribution in [1.29, 1.82) is 0 Å². The van der Waals surface area contributed by atoms with Crippen LogP contribution in [-0.4, -0.2) is 54.0 Å². The molecule has 0 atom stereocenters. The van der Waals surface area contributed by atoms with Crippen molar-refractivity contribution < 1.29 is 19.4 Å². The van der Waals surface area contributed by atoms with E-state index in [-0.39, 0.29) is 11.7 Å². The molecule has 5 N–H and O–H groups in total. The third kappa shape index (κ3) is 2.97. The van der Waals surface area contributed by atoms with Gasteiger partial charge in [-0.25, -0.2) is 9.59 Å². The second kappa shape index (κ2) is 6.28. The van der Waals surface area contributed by atoms with Gasteiger partial charge in [-0.3, -0.25) is 10.2 Å². The summed E-state index contributed by atoms with van der Waals surface area (Å²) in [6, 6.07) is 3.23. The second-order valence-electron chi connectivity index (χ2n) is 4.79. The first kappa shape index (κ1) is 15.3. The van der Waals surface area contributed by atoms with Crippen LogP contribution in [0.3, 0.4) is 0 Å². The fourth-order valence-electron chi connectivity index (χ4n) is 2.10. The van der Waals surface area contributed by atoms with E-state index in [1.807, 2.05) is 0 Å². The summed E-state index contributed by atoms with van der Waals surface area (Å²) in [4.78, 5) is 27.2. The number of carboxylic acid groups (broad SMARTS) is 1. The maximum Gasteiger partial charge on any atom is 0.354 e.